The second-order valence-corrected chi connectivity index (χ2v) is 5.87. The summed E-state index contributed by atoms with van der Waals surface area (Å²) in [4.78, 5) is 11.8. The molecule has 1 aromatic carbocycles. The fraction of sp³-hybridized carbons (Fsp3) is 0.611. The van der Waals surface area contributed by atoms with E-state index in [9.17, 15) is 4.79 Å². The molecule has 2 rings (SSSR count). The number of amides is 1. The number of methoxy groups -OCH3 is 1. The lowest BCUT2D eigenvalue weighted by Crippen LogP contribution is -2.32. The number of ether oxygens (including phenoxy) is 2. The van der Waals surface area contributed by atoms with E-state index in [0.29, 0.717) is 25.6 Å². The summed E-state index contributed by atoms with van der Waals surface area (Å²) in [6.07, 6.45) is 4.71. The van der Waals surface area contributed by atoms with Crippen molar-refractivity contribution in [2.45, 2.75) is 45.1 Å². The van der Waals surface area contributed by atoms with Crippen LogP contribution < -0.4 is 20.1 Å². The SMILES string of the molecule is CCOc1cc(CCCNC(=O)CC2CCCN2)ccc1OC.Cl. The van der Waals surface area contributed by atoms with E-state index in [2.05, 4.69) is 10.6 Å². The number of carbonyl (C=O) groups excluding carboxylic acids is 1. The molecule has 1 heterocycles. The summed E-state index contributed by atoms with van der Waals surface area (Å²) in [6.45, 7) is 4.32. The first-order chi connectivity index (χ1) is 11.2. The minimum atomic E-state index is 0. The summed E-state index contributed by atoms with van der Waals surface area (Å²) in [5.41, 5.74) is 1.20. The van der Waals surface area contributed by atoms with Crippen LogP contribution >= 0.6 is 12.4 Å². The predicted octanol–water partition coefficient (Wildman–Crippen LogP) is 2.71. The number of rotatable bonds is 9. The second-order valence-electron chi connectivity index (χ2n) is 5.87. The molecule has 1 amide bonds. The first kappa shape index (κ1) is 20.6. The van der Waals surface area contributed by atoms with Crippen LogP contribution in [0.15, 0.2) is 18.2 Å². The highest BCUT2D eigenvalue weighted by molar-refractivity contribution is 5.85. The number of hydrogen-bond donors (Lipinski definition) is 2. The largest absolute Gasteiger partial charge is 0.493 e. The molecule has 6 heteroatoms. The van der Waals surface area contributed by atoms with Crippen molar-refractivity contribution in [1.82, 2.24) is 10.6 Å². The summed E-state index contributed by atoms with van der Waals surface area (Å²) in [6, 6.07) is 6.37. The number of carbonyl (C=O) groups is 1. The number of halogens is 1. The van der Waals surface area contributed by atoms with Gasteiger partial charge >= 0.3 is 0 Å². The molecule has 0 spiro atoms. The average Bonchev–Trinajstić information content (AvgIpc) is 3.05. The molecule has 1 fully saturated rings. The molecule has 0 radical (unpaired) electrons. The smallest absolute Gasteiger partial charge is 0.221 e. The van der Waals surface area contributed by atoms with Gasteiger partial charge < -0.3 is 20.1 Å². The zero-order valence-corrected chi connectivity index (χ0v) is 15.4. The third kappa shape index (κ3) is 6.57. The van der Waals surface area contributed by atoms with Crippen molar-refractivity contribution in [3.8, 4) is 11.5 Å². The highest BCUT2D eigenvalue weighted by Gasteiger charge is 2.17. The molecule has 1 atom stereocenters. The molecule has 5 nitrogen and oxygen atoms in total. The quantitative estimate of drug-likeness (QED) is 0.668. The maximum atomic E-state index is 11.8. The Morgan fingerprint density at radius 2 is 2.21 bits per heavy atom. The molecule has 0 aliphatic carbocycles. The van der Waals surface area contributed by atoms with Gasteiger partial charge in [-0.2, -0.15) is 0 Å². The van der Waals surface area contributed by atoms with Crippen molar-refractivity contribution in [3.05, 3.63) is 23.8 Å². The van der Waals surface area contributed by atoms with Crippen molar-refractivity contribution >= 4 is 18.3 Å². The van der Waals surface area contributed by atoms with Gasteiger partial charge in [-0.3, -0.25) is 4.79 Å². The van der Waals surface area contributed by atoms with Gasteiger partial charge in [0.2, 0.25) is 5.91 Å². The zero-order chi connectivity index (χ0) is 16.5. The number of nitrogens with one attached hydrogen (secondary N) is 2. The van der Waals surface area contributed by atoms with Crippen LogP contribution in [-0.4, -0.2) is 38.8 Å². The van der Waals surface area contributed by atoms with E-state index in [-0.39, 0.29) is 18.3 Å². The highest BCUT2D eigenvalue weighted by atomic mass is 35.5. The molecule has 1 aromatic rings. The molecule has 1 unspecified atom stereocenters. The van der Waals surface area contributed by atoms with Crippen molar-refractivity contribution in [1.29, 1.82) is 0 Å². The van der Waals surface area contributed by atoms with E-state index in [0.717, 1.165) is 37.3 Å². The lowest BCUT2D eigenvalue weighted by atomic mass is 10.1. The lowest BCUT2D eigenvalue weighted by molar-refractivity contribution is -0.121. The molecule has 1 aliphatic rings. The van der Waals surface area contributed by atoms with Crippen LogP contribution in [0.25, 0.3) is 0 Å². The molecular weight excluding hydrogens is 328 g/mol. The summed E-state index contributed by atoms with van der Waals surface area (Å²) in [5.74, 6) is 1.69. The average molecular weight is 357 g/mol. The lowest BCUT2D eigenvalue weighted by Gasteiger charge is -2.12. The maximum absolute atomic E-state index is 11.8. The monoisotopic (exact) mass is 356 g/mol. The Morgan fingerprint density at radius 3 is 2.88 bits per heavy atom. The van der Waals surface area contributed by atoms with Crippen LogP contribution in [0.1, 0.15) is 38.2 Å². The number of hydrogen-bond acceptors (Lipinski definition) is 4. The van der Waals surface area contributed by atoms with E-state index in [1.807, 2.05) is 25.1 Å². The van der Waals surface area contributed by atoms with Crippen LogP contribution in [0.5, 0.6) is 11.5 Å². The van der Waals surface area contributed by atoms with Crippen LogP contribution in [0, 0.1) is 0 Å². The predicted molar refractivity (Wildman–Crippen MR) is 98.4 cm³/mol. The summed E-state index contributed by atoms with van der Waals surface area (Å²) in [5, 5.41) is 6.35. The Hall–Kier alpha value is -1.46. The van der Waals surface area contributed by atoms with Crippen LogP contribution in [0.2, 0.25) is 0 Å². The molecule has 136 valence electrons. The van der Waals surface area contributed by atoms with Gasteiger partial charge in [-0.1, -0.05) is 6.07 Å². The third-order valence-corrected chi connectivity index (χ3v) is 4.09. The van der Waals surface area contributed by atoms with Crippen molar-refractivity contribution < 1.29 is 14.3 Å². The Morgan fingerprint density at radius 1 is 1.38 bits per heavy atom. The van der Waals surface area contributed by atoms with Crippen molar-refractivity contribution in [2.75, 3.05) is 26.8 Å². The van der Waals surface area contributed by atoms with E-state index in [1.165, 1.54) is 12.0 Å². The maximum Gasteiger partial charge on any atom is 0.221 e. The minimum Gasteiger partial charge on any atom is -0.493 e. The van der Waals surface area contributed by atoms with Gasteiger partial charge in [-0.25, -0.2) is 0 Å². The van der Waals surface area contributed by atoms with Crippen LogP contribution in [0.3, 0.4) is 0 Å². The third-order valence-electron chi connectivity index (χ3n) is 4.09. The highest BCUT2D eigenvalue weighted by Crippen LogP contribution is 2.28. The molecule has 0 bridgehead atoms. The summed E-state index contributed by atoms with van der Waals surface area (Å²) in [7, 11) is 1.65. The molecule has 0 saturated carbocycles. The Labute approximate surface area is 150 Å². The van der Waals surface area contributed by atoms with Gasteiger partial charge in [-0.15, -0.1) is 12.4 Å². The molecule has 1 saturated heterocycles. The second kappa shape index (κ2) is 11.2. The molecule has 0 aromatic heterocycles. The minimum absolute atomic E-state index is 0. The van der Waals surface area contributed by atoms with Gasteiger partial charge in [0.15, 0.2) is 11.5 Å². The van der Waals surface area contributed by atoms with Gasteiger partial charge in [0.25, 0.3) is 0 Å². The standard InChI is InChI=1S/C18H28N2O3.ClH/c1-3-23-17-12-14(8-9-16(17)22-2)6-4-11-20-18(21)13-15-7-5-10-19-15;/h8-9,12,15,19H,3-7,10-11,13H2,1-2H3,(H,20,21);1H. The molecule has 24 heavy (non-hydrogen) atoms. The van der Waals surface area contributed by atoms with Gasteiger partial charge in [0.1, 0.15) is 0 Å². The van der Waals surface area contributed by atoms with E-state index in [4.69, 9.17) is 9.47 Å². The Balaban J connectivity index is 0.00000288. The first-order valence-corrected chi connectivity index (χ1v) is 8.52. The van der Waals surface area contributed by atoms with E-state index < -0.39 is 0 Å². The zero-order valence-electron chi connectivity index (χ0n) is 14.6. The van der Waals surface area contributed by atoms with Crippen LogP contribution in [0.4, 0.5) is 0 Å². The Bertz CT molecular complexity index is 505. The molecule has 1 aliphatic heterocycles. The number of benzene rings is 1. The topological polar surface area (TPSA) is 59.6 Å². The fourth-order valence-electron chi connectivity index (χ4n) is 2.89. The first-order valence-electron chi connectivity index (χ1n) is 8.52. The van der Waals surface area contributed by atoms with Crippen molar-refractivity contribution in [3.63, 3.8) is 0 Å². The van der Waals surface area contributed by atoms with E-state index >= 15 is 0 Å². The normalized spacial score (nSPS) is 16.3. The molecular formula is C18H29ClN2O3. The van der Waals surface area contributed by atoms with Crippen LogP contribution in [-0.2, 0) is 11.2 Å². The molecule has 2 N–H and O–H groups in total. The van der Waals surface area contributed by atoms with Gasteiger partial charge in [0.05, 0.1) is 13.7 Å². The summed E-state index contributed by atoms with van der Waals surface area (Å²) < 4.78 is 10.9. The van der Waals surface area contributed by atoms with E-state index in [1.54, 1.807) is 7.11 Å². The van der Waals surface area contributed by atoms with Crippen molar-refractivity contribution in [2.24, 2.45) is 0 Å². The number of aryl methyl sites for hydroxylation is 1. The Kier molecular flexibility index (Phi) is 9.57. The fourth-order valence-corrected chi connectivity index (χ4v) is 2.89. The van der Waals surface area contributed by atoms with Gasteiger partial charge in [0, 0.05) is 19.0 Å². The van der Waals surface area contributed by atoms with Gasteiger partial charge in [-0.05, 0) is 56.8 Å². The summed E-state index contributed by atoms with van der Waals surface area (Å²) >= 11 is 0.